The lowest BCUT2D eigenvalue weighted by Gasteiger charge is -2.15. The topological polar surface area (TPSA) is 38.0 Å². The summed E-state index contributed by atoms with van der Waals surface area (Å²) in [6.45, 7) is 3.35. The van der Waals surface area contributed by atoms with Crippen LogP contribution in [-0.4, -0.2) is 0 Å². The zero-order chi connectivity index (χ0) is 12.3. The Labute approximate surface area is 89.7 Å². The van der Waals surface area contributed by atoms with E-state index in [-0.39, 0.29) is 5.56 Å². The van der Waals surface area contributed by atoms with Gasteiger partial charge in [-0.25, -0.2) is 9.82 Å². The molecule has 0 saturated carbocycles. The second-order valence-corrected chi connectivity index (χ2v) is 3.11. The largest absolute Gasteiger partial charge is 0.416 e. The van der Waals surface area contributed by atoms with Crippen LogP contribution in [0.5, 0.6) is 0 Å². The van der Waals surface area contributed by atoms with Crippen LogP contribution in [0, 0.1) is 5.82 Å². The molecule has 0 heterocycles. The van der Waals surface area contributed by atoms with Crippen molar-refractivity contribution in [3.05, 3.63) is 47.8 Å². The highest BCUT2D eigenvalue weighted by Crippen LogP contribution is 2.31. The Hall–Kier alpha value is -1.40. The van der Waals surface area contributed by atoms with Crippen molar-refractivity contribution in [1.82, 2.24) is 5.43 Å². The van der Waals surface area contributed by atoms with E-state index < -0.39 is 23.6 Å². The molecule has 0 spiro atoms. The molecule has 1 unspecified atom stereocenters. The van der Waals surface area contributed by atoms with Crippen LogP contribution in [0.4, 0.5) is 17.6 Å². The fourth-order valence-electron chi connectivity index (χ4n) is 1.24. The maximum Gasteiger partial charge on any atom is 0.416 e. The Kier molecular flexibility index (Phi) is 3.66. The van der Waals surface area contributed by atoms with Gasteiger partial charge < -0.3 is 0 Å². The normalized spacial score (nSPS) is 13.6. The SMILES string of the molecule is C=CC(NN)c1cc(C(F)(F)F)ccc1F. The van der Waals surface area contributed by atoms with E-state index in [0.29, 0.717) is 12.1 Å². The lowest BCUT2D eigenvalue weighted by Crippen LogP contribution is -2.27. The highest BCUT2D eigenvalue weighted by atomic mass is 19.4. The molecule has 0 aliphatic carbocycles. The monoisotopic (exact) mass is 234 g/mol. The van der Waals surface area contributed by atoms with Gasteiger partial charge in [-0.2, -0.15) is 13.2 Å². The summed E-state index contributed by atoms with van der Waals surface area (Å²) >= 11 is 0. The van der Waals surface area contributed by atoms with Crippen LogP contribution < -0.4 is 11.3 Å². The molecule has 1 aromatic carbocycles. The predicted molar refractivity (Wildman–Crippen MR) is 51.7 cm³/mol. The predicted octanol–water partition coefficient (Wildman–Crippen LogP) is 2.53. The minimum atomic E-state index is -4.51. The van der Waals surface area contributed by atoms with Crippen molar-refractivity contribution in [2.75, 3.05) is 0 Å². The highest BCUT2D eigenvalue weighted by Gasteiger charge is 2.31. The average Bonchev–Trinajstić information content (AvgIpc) is 2.20. The Morgan fingerprint density at radius 1 is 1.38 bits per heavy atom. The van der Waals surface area contributed by atoms with E-state index in [1.807, 2.05) is 0 Å². The fraction of sp³-hybridized carbons (Fsp3) is 0.200. The Morgan fingerprint density at radius 3 is 2.44 bits per heavy atom. The van der Waals surface area contributed by atoms with Crippen molar-refractivity contribution in [2.24, 2.45) is 5.84 Å². The first kappa shape index (κ1) is 12.7. The molecule has 0 amide bonds. The van der Waals surface area contributed by atoms with Gasteiger partial charge in [0, 0.05) is 5.56 Å². The molecule has 1 rings (SSSR count). The first-order chi connectivity index (χ1) is 7.40. The molecular formula is C10H10F4N2. The van der Waals surface area contributed by atoms with Gasteiger partial charge in [0.25, 0.3) is 0 Å². The average molecular weight is 234 g/mol. The number of nitrogens with one attached hydrogen (secondary N) is 1. The van der Waals surface area contributed by atoms with E-state index in [0.717, 1.165) is 6.07 Å². The highest BCUT2D eigenvalue weighted by molar-refractivity contribution is 5.31. The van der Waals surface area contributed by atoms with Gasteiger partial charge >= 0.3 is 6.18 Å². The number of rotatable bonds is 3. The Balaban J connectivity index is 3.23. The van der Waals surface area contributed by atoms with Crippen molar-refractivity contribution in [3.63, 3.8) is 0 Å². The van der Waals surface area contributed by atoms with E-state index >= 15 is 0 Å². The summed E-state index contributed by atoms with van der Waals surface area (Å²) in [5.41, 5.74) is 1.05. The van der Waals surface area contributed by atoms with Gasteiger partial charge in [0.15, 0.2) is 0 Å². The molecule has 0 aromatic heterocycles. The third-order valence-electron chi connectivity index (χ3n) is 2.07. The zero-order valence-electron chi connectivity index (χ0n) is 8.18. The van der Waals surface area contributed by atoms with Crippen LogP contribution >= 0.6 is 0 Å². The van der Waals surface area contributed by atoms with E-state index in [1.165, 1.54) is 6.08 Å². The molecule has 0 fully saturated rings. The molecule has 1 aromatic rings. The lowest BCUT2D eigenvalue weighted by molar-refractivity contribution is -0.137. The summed E-state index contributed by atoms with van der Waals surface area (Å²) in [7, 11) is 0. The molecule has 0 saturated heterocycles. The summed E-state index contributed by atoms with van der Waals surface area (Å²) in [4.78, 5) is 0. The minimum Gasteiger partial charge on any atom is -0.271 e. The van der Waals surface area contributed by atoms with Gasteiger partial charge in [0.2, 0.25) is 0 Å². The second kappa shape index (κ2) is 4.63. The summed E-state index contributed by atoms with van der Waals surface area (Å²) in [6, 6.07) is 1.28. The van der Waals surface area contributed by atoms with Crippen molar-refractivity contribution < 1.29 is 17.6 Å². The van der Waals surface area contributed by atoms with Gasteiger partial charge in [-0.1, -0.05) is 6.08 Å². The number of hydrogen-bond acceptors (Lipinski definition) is 2. The number of alkyl halides is 3. The van der Waals surface area contributed by atoms with Crippen LogP contribution in [0.1, 0.15) is 17.2 Å². The smallest absolute Gasteiger partial charge is 0.271 e. The summed E-state index contributed by atoms with van der Waals surface area (Å²) in [6.07, 6.45) is -3.29. The Morgan fingerprint density at radius 2 is 2.00 bits per heavy atom. The molecule has 16 heavy (non-hydrogen) atoms. The standard InChI is InChI=1S/C10H10F4N2/c1-2-9(16-15)7-5-6(10(12,13)14)3-4-8(7)11/h2-5,9,16H,1,15H2. The van der Waals surface area contributed by atoms with E-state index in [9.17, 15) is 17.6 Å². The first-order valence-corrected chi connectivity index (χ1v) is 4.35. The quantitative estimate of drug-likeness (QED) is 0.365. The van der Waals surface area contributed by atoms with Crippen molar-refractivity contribution >= 4 is 0 Å². The van der Waals surface area contributed by atoms with Crippen molar-refractivity contribution in [3.8, 4) is 0 Å². The van der Waals surface area contributed by atoms with Crippen molar-refractivity contribution in [2.45, 2.75) is 12.2 Å². The summed E-state index contributed by atoms with van der Waals surface area (Å²) < 4.78 is 50.4. The molecule has 1 atom stereocenters. The van der Waals surface area contributed by atoms with Crippen LogP contribution in [0.3, 0.4) is 0 Å². The van der Waals surface area contributed by atoms with E-state index in [1.54, 1.807) is 0 Å². The second-order valence-electron chi connectivity index (χ2n) is 3.11. The third kappa shape index (κ3) is 2.59. The van der Waals surface area contributed by atoms with E-state index in [2.05, 4.69) is 12.0 Å². The van der Waals surface area contributed by atoms with Gasteiger partial charge in [0.05, 0.1) is 11.6 Å². The third-order valence-corrected chi connectivity index (χ3v) is 2.07. The molecular weight excluding hydrogens is 224 g/mol. The van der Waals surface area contributed by atoms with Crippen molar-refractivity contribution in [1.29, 1.82) is 0 Å². The van der Waals surface area contributed by atoms with Gasteiger partial charge in [-0.3, -0.25) is 5.84 Å². The molecule has 88 valence electrons. The number of hydrogen-bond donors (Lipinski definition) is 2. The van der Waals surface area contributed by atoms with Gasteiger partial charge in [-0.15, -0.1) is 6.58 Å². The molecule has 6 heteroatoms. The van der Waals surface area contributed by atoms with Crippen LogP contribution in [-0.2, 0) is 6.18 Å². The first-order valence-electron chi connectivity index (χ1n) is 4.35. The van der Waals surface area contributed by atoms with Crippen LogP contribution in [0.25, 0.3) is 0 Å². The molecule has 0 aliphatic rings. The van der Waals surface area contributed by atoms with Gasteiger partial charge in [-0.05, 0) is 18.2 Å². The number of hydrazine groups is 1. The molecule has 0 bridgehead atoms. The summed E-state index contributed by atoms with van der Waals surface area (Å²) in [5.74, 6) is 4.31. The van der Waals surface area contributed by atoms with Crippen LogP contribution in [0.15, 0.2) is 30.9 Å². The number of nitrogens with two attached hydrogens (primary N) is 1. The maximum atomic E-state index is 13.3. The fourth-order valence-corrected chi connectivity index (χ4v) is 1.24. The number of halogens is 4. The lowest BCUT2D eigenvalue weighted by atomic mass is 10.0. The van der Waals surface area contributed by atoms with Gasteiger partial charge in [0.1, 0.15) is 5.82 Å². The zero-order valence-corrected chi connectivity index (χ0v) is 8.18. The van der Waals surface area contributed by atoms with Crippen LogP contribution in [0.2, 0.25) is 0 Å². The molecule has 0 radical (unpaired) electrons. The number of benzene rings is 1. The molecule has 2 nitrogen and oxygen atoms in total. The minimum absolute atomic E-state index is 0.188. The molecule has 0 aliphatic heterocycles. The summed E-state index contributed by atoms with van der Waals surface area (Å²) in [5, 5.41) is 0. The molecule has 3 N–H and O–H groups in total. The Bertz CT molecular complexity index is 387. The maximum absolute atomic E-state index is 13.3. The van der Waals surface area contributed by atoms with E-state index in [4.69, 9.17) is 5.84 Å².